The second-order valence-electron chi connectivity index (χ2n) is 7.39. The smallest absolute Gasteiger partial charge is 0.319 e. The van der Waals surface area contributed by atoms with Gasteiger partial charge in [-0.05, 0) is 56.5 Å². The number of anilines is 1. The van der Waals surface area contributed by atoms with Crippen LogP contribution in [0.4, 0.5) is 10.5 Å². The Balaban J connectivity index is 1.57. The molecular formula is C19H29N3O3S. The summed E-state index contributed by atoms with van der Waals surface area (Å²) in [5, 5.41) is 8.86. The fourth-order valence-corrected chi connectivity index (χ4v) is 5.76. The highest BCUT2D eigenvalue weighted by Gasteiger charge is 2.27. The predicted octanol–water partition coefficient (Wildman–Crippen LogP) is 2.81. The number of sulfone groups is 1. The summed E-state index contributed by atoms with van der Waals surface area (Å²) in [5.74, 6) is 0.0447. The Kier molecular flexibility index (Phi) is 6.53. The maximum absolute atomic E-state index is 12.6. The minimum atomic E-state index is -3.14. The molecule has 26 heavy (non-hydrogen) atoms. The van der Waals surface area contributed by atoms with Gasteiger partial charge >= 0.3 is 6.03 Å². The standard InChI is InChI=1S/C19H29N3O3S/c23-19(21-16-9-11-20-12-10-16)22-17-6-4-5-15(13-17)14-26(24,25)18-7-2-1-3-8-18/h4-6,13,16,18,20H,1-3,7-12,14H2,(H2,21,22,23). The summed E-state index contributed by atoms with van der Waals surface area (Å²) in [6.45, 7) is 1.83. The van der Waals surface area contributed by atoms with E-state index in [0.717, 1.165) is 63.6 Å². The summed E-state index contributed by atoms with van der Waals surface area (Å²) in [6.07, 6.45) is 6.54. The number of carbonyl (C=O) groups is 1. The van der Waals surface area contributed by atoms with Crippen LogP contribution >= 0.6 is 0 Å². The molecule has 0 atom stereocenters. The third kappa shape index (κ3) is 5.45. The summed E-state index contributed by atoms with van der Waals surface area (Å²) in [6, 6.07) is 7.12. The number of amides is 2. The summed E-state index contributed by atoms with van der Waals surface area (Å²) in [7, 11) is -3.14. The van der Waals surface area contributed by atoms with Crippen molar-refractivity contribution < 1.29 is 13.2 Å². The topological polar surface area (TPSA) is 87.3 Å². The van der Waals surface area contributed by atoms with E-state index >= 15 is 0 Å². The minimum Gasteiger partial charge on any atom is -0.335 e. The van der Waals surface area contributed by atoms with Crippen molar-refractivity contribution in [2.45, 2.75) is 62.0 Å². The minimum absolute atomic E-state index is 0.0447. The van der Waals surface area contributed by atoms with Gasteiger partial charge in [-0.1, -0.05) is 31.4 Å². The third-order valence-corrected chi connectivity index (χ3v) is 7.51. The number of urea groups is 1. The Morgan fingerprint density at radius 2 is 1.81 bits per heavy atom. The fraction of sp³-hybridized carbons (Fsp3) is 0.632. The average molecular weight is 380 g/mol. The molecule has 2 amide bonds. The van der Waals surface area contributed by atoms with Crippen molar-refractivity contribution in [3.63, 3.8) is 0 Å². The number of benzene rings is 1. The van der Waals surface area contributed by atoms with Crippen molar-refractivity contribution in [3.05, 3.63) is 29.8 Å². The first-order valence-electron chi connectivity index (χ1n) is 9.62. The molecule has 0 bridgehead atoms. The zero-order valence-electron chi connectivity index (χ0n) is 15.2. The Morgan fingerprint density at radius 1 is 1.08 bits per heavy atom. The van der Waals surface area contributed by atoms with Crippen LogP contribution in [-0.4, -0.2) is 38.8 Å². The van der Waals surface area contributed by atoms with Crippen molar-refractivity contribution in [1.82, 2.24) is 10.6 Å². The van der Waals surface area contributed by atoms with Crippen LogP contribution in [0.25, 0.3) is 0 Å². The molecule has 0 unspecified atom stereocenters. The van der Waals surface area contributed by atoms with E-state index < -0.39 is 9.84 Å². The van der Waals surface area contributed by atoms with E-state index in [0.29, 0.717) is 5.69 Å². The second-order valence-corrected chi connectivity index (χ2v) is 9.67. The van der Waals surface area contributed by atoms with Gasteiger partial charge in [-0.25, -0.2) is 13.2 Å². The van der Waals surface area contributed by atoms with Crippen molar-refractivity contribution in [1.29, 1.82) is 0 Å². The van der Waals surface area contributed by atoms with Crippen LogP contribution in [0.2, 0.25) is 0 Å². The zero-order chi connectivity index (χ0) is 18.4. The lowest BCUT2D eigenvalue weighted by molar-refractivity contribution is 0.245. The van der Waals surface area contributed by atoms with E-state index in [1.165, 1.54) is 0 Å². The second kappa shape index (κ2) is 8.86. The molecule has 1 saturated heterocycles. The number of nitrogens with one attached hydrogen (secondary N) is 3. The van der Waals surface area contributed by atoms with E-state index in [2.05, 4.69) is 16.0 Å². The first kappa shape index (κ1) is 19.2. The van der Waals surface area contributed by atoms with Crippen molar-refractivity contribution in [3.8, 4) is 0 Å². The van der Waals surface area contributed by atoms with E-state index in [4.69, 9.17) is 0 Å². The molecule has 1 aliphatic carbocycles. The van der Waals surface area contributed by atoms with Gasteiger partial charge in [0.15, 0.2) is 9.84 Å². The van der Waals surface area contributed by atoms with Gasteiger partial charge in [0.2, 0.25) is 0 Å². The number of carbonyl (C=O) groups excluding carboxylic acids is 1. The molecule has 2 aliphatic rings. The molecule has 1 heterocycles. The lowest BCUT2D eigenvalue weighted by Crippen LogP contribution is -2.44. The zero-order valence-corrected chi connectivity index (χ0v) is 16.0. The number of hydrogen-bond donors (Lipinski definition) is 3. The first-order chi connectivity index (χ1) is 12.5. The monoisotopic (exact) mass is 379 g/mol. The number of piperidine rings is 1. The molecule has 0 spiro atoms. The Morgan fingerprint density at radius 3 is 2.54 bits per heavy atom. The van der Waals surface area contributed by atoms with E-state index in [9.17, 15) is 13.2 Å². The summed E-state index contributed by atoms with van der Waals surface area (Å²) in [4.78, 5) is 12.2. The quantitative estimate of drug-likeness (QED) is 0.734. The molecule has 0 radical (unpaired) electrons. The van der Waals surface area contributed by atoms with Gasteiger partial charge in [0, 0.05) is 11.7 Å². The molecule has 3 rings (SSSR count). The molecule has 3 N–H and O–H groups in total. The van der Waals surface area contributed by atoms with Gasteiger partial charge in [-0.2, -0.15) is 0 Å². The summed E-state index contributed by atoms with van der Waals surface area (Å²) < 4.78 is 25.3. The average Bonchev–Trinajstić information content (AvgIpc) is 2.63. The van der Waals surface area contributed by atoms with E-state index in [1.54, 1.807) is 18.2 Å². The summed E-state index contributed by atoms with van der Waals surface area (Å²) in [5.41, 5.74) is 1.36. The SMILES string of the molecule is O=C(Nc1cccc(CS(=O)(=O)C2CCCCC2)c1)NC1CCNCC1. The van der Waals surface area contributed by atoms with Gasteiger partial charge in [0.05, 0.1) is 11.0 Å². The normalized spacial score (nSPS) is 19.8. The van der Waals surface area contributed by atoms with Crippen LogP contribution < -0.4 is 16.0 Å². The molecule has 1 saturated carbocycles. The highest BCUT2D eigenvalue weighted by molar-refractivity contribution is 7.91. The highest BCUT2D eigenvalue weighted by atomic mass is 32.2. The molecule has 1 aromatic rings. The van der Waals surface area contributed by atoms with Crippen LogP contribution in [-0.2, 0) is 15.6 Å². The molecule has 0 aromatic heterocycles. The highest BCUT2D eigenvalue weighted by Crippen LogP contribution is 2.26. The number of rotatable bonds is 5. The van der Waals surface area contributed by atoms with Crippen LogP contribution in [0.5, 0.6) is 0 Å². The van der Waals surface area contributed by atoms with Crippen molar-refractivity contribution in [2.75, 3.05) is 18.4 Å². The number of hydrogen-bond acceptors (Lipinski definition) is 4. The van der Waals surface area contributed by atoms with Crippen LogP contribution in [0.1, 0.15) is 50.5 Å². The van der Waals surface area contributed by atoms with Gasteiger partial charge in [-0.15, -0.1) is 0 Å². The van der Waals surface area contributed by atoms with Gasteiger partial charge < -0.3 is 16.0 Å². The largest absolute Gasteiger partial charge is 0.335 e. The third-order valence-electron chi connectivity index (χ3n) is 5.29. The Hall–Kier alpha value is -1.60. The van der Waals surface area contributed by atoms with Crippen molar-refractivity contribution >= 4 is 21.6 Å². The molecule has 1 aromatic carbocycles. The van der Waals surface area contributed by atoms with Gasteiger partial charge in [0.1, 0.15) is 0 Å². The van der Waals surface area contributed by atoms with Crippen LogP contribution in [0.15, 0.2) is 24.3 Å². The Labute approximate surface area is 156 Å². The maximum atomic E-state index is 12.6. The van der Waals surface area contributed by atoms with E-state index in [1.807, 2.05) is 6.07 Å². The predicted molar refractivity (Wildman–Crippen MR) is 104 cm³/mol. The molecule has 144 valence electrons. The lowest BCUT2D eigenvalue weighted by Gasteiger charge is -2.24. The van der Waals surface area contributed by atoms with Crippen molar-refractivity contribution in [2.24, 2.45) is 0 Å². The molecule has 1 aliphatic heterocycles. The molecular weight excluding hydrogens is 350 g/mol. The van der Waals surface area contributed by atoms with Gasteiger partial charge in [0.25, 0.3) is 0 Å². The maximum Gasteiger partial charge on any atom is 0.319 e. The molecule has 7 heteroatoms. The first-order valence-corrected chi connectivity index (χ1v) is 11.3. The van der Waals surface area contributed by atoms with Gasteiger partial charge in [-0.3, -0.25) is 0 Å². The van der Waals surface area contributed by atoms with Crippen LogP contribution in [0.3, 0.4) is 0 Å². The Bertz CT molecular complexity index is 708. The van der Waals surface area contributed by atoms with Crippen LogP contribution in [0, 0.1) is 0 Å². The molecule has 6 nitrogen and oxygen atoms in total. The lowest BCUT2D eigenvalue weighted by atomic mass is 10.0. The van der Waals surface area contributed by atoms with E-state index in [-0.39, 0.29) is 23.1 Å². The molecule has 2 fully saturated rings. The summed E-state index contributed by atoms with van der Waals surface area (Å²) >= 11 is 0. The fourth-order valence-electron chi connectivity index (χ4n) is 3.83.